The van der Waals surface area contributed by atoms with Gasteiger partial charge in [0.1, 0.15) is 17.8 Å². The standard InChI is InChI=1S/C26H36N2O4/c1-17-6-4-7-18-14-22-23(24(29)26(17,18)2)21(25(30)32-22)16-27-10-12-28(13-11-27)19-8-5-9-20(15-19)31-3/h5,7-9,15,17,21-24,29H,4,6,10-14,16H2,1-3H3/p+1/t17-,21-,22+,23+,24-,26+/m0/s1. The molecule has 1 aromatic carbocycles. The lowest BCUT2D eigenvalue weighted by Crippen LogP contribution is -3.15. The molecule has 32 heavy (non-hydrogen) atoms. The van der Waals surface area contributed by atoms with E-state index in [0.717, 1.165) is 57.7 Å². The quantitative estimate of drug-likeness (QED) is 0.550. The minimum atomic E-state index is -0.517. The molecule has 2 aliphatic heterocycles. The first-order valence-corrected chi connectivity index (χ1v) is 12.2. The average Bonchev–Trinajstić information content (AvgIpc) is 3.11. The number of piperazine rings is 1. The van der Waals surface area contributed by atoms with Gasteiger partial charge in [0.25, 0.3) is 0 Å². The third kappa shape index (κ3) is 3.52. The lowest BCUT2D eigenvalue weighted by Gasteiger charge is -2.51. The number of ether oxygens (including phenoxy) is 2. The molecule has 2 heterocycles. The van der Waals surface area contributed by atoms with Crippen LogP contribution in [0.15, 0.2) is 35.9 Å². The number of allylic oxidation sites excluding steroid dienone is 1. The summed E-state index contributed by atoms with van der Waals surface area (Å²) in [7, 11) is 1.70. The second-order valence-electron chi connectivity index (χ2n) is 10.4. The SMILES string of the molecule is COc1cccc(N2CC[NH+](C[C@@H]3C(=O)O[C@@H]4CC5=CCC[C@H](C)[C@@]5(C)[C@@H](O)[C@H]34)CC2)c1. The smallest absolute Gasteiger partial charge is 0.315 e. The largest absolute Gasteiger partial charge is 0.497 e. The van der Waals surface area contributed by atoms with Crippen molar-refractivity contribution in [2.45, 2.75) is 45.3 Å². The lowest BCUT2D eigenvalue weighted by atomic mass is 9.55. The third-order valence-electron chi connectivity index (χ3n) is 8.97. The predicted octanol–water partition coefficient (Wildman–Crippen LogP) is 1.69. The Bertz CT molecular complexity index is 894. The highest BCUT2D eigenvalue weighted by atomic mass is 16.6. The number of nitrogens with one attached hydrogen (secondary N) is 1. The third-order valence-corrected chi connectivity index (χ3v) is 8.97. The summed E-state index contributed by atoms with van der Waals surface area (Å²) in [5.41, 5.74) is 2.26. The Hall–Kier alpha value is -2.05. The molecule has 1 saturated carbocycles. The summed E-state index contributed by atoms with van der Waals surface area (Å²) in [6.45, 7) is 9.08. The number of benzene rings is 1. The maximum Gasteiger partial charge on any atom is 0.315 e. The highest BCUT2D eigenvalue weighted by molar-refractivity contribution is 5.76. The zero-order chi connectivity index (χ0) is 22.5. The van der Waals surface area contributed by atoms with Crippen molar-refractivity contribution in [1.29, 1.82) is 0 Å². The molecule has 1 aromatic rings. The van der Waals surface area contributed by atoms with E-state index in [1.54, 1.807) is 7.11 Å². The van der Waals surface area contributed by atoms with Crippen LogP contribution in [0.25, 0.3) is 0 Å². The second-order valence-corrected chi connectivity index (χ2v) is 10.4. The Morgan fingerprint density at radius 3 is 2.84 bits per heavy atom. The number of aliphatic hydroxyl groups is 1. The van der Waals surface area contributed by atoms with Crippen LogP contribution in [0.1, 0.15) is 33.1 Å². The lowest BCUT2D eigenvalue weighted by molar-refractivity contribution is -0.903. The molecule has 2 N–H and O–H groups in total. The van der Waals surface area contributed by atoms with Gasteiger partial charge in [0.2, 0.25) is 0 Å². The molecule has 4 aliphatic rings. The van der Waals surface area contributed by atoms with Crippen LogP contribution in [0, 0.1) is 23.2 Å². The summed E-state index contributed by atoms with van der Waals surface area (Å²) in [5.74, 6) is 0.906. The fraction of sp³-hybridized carbons (Fsp3) is 0.654. The van der Waals surface area contributed by atoms with Crippen LogP contribution in [0.2, 0.25) is 0 Å². The van der Waals surface area contributed by atoms with Gasteiger partial charge in [0.15, 0.2) is 0 Å². The molecular formula is C26H37N2O4+. The van der Waals surface area contributed by atoms with Crippen molar-refractivity contribution in [2.24, 2.45) is 23.2 Å². The molecule has 2 saturated heterocycles. The summed E-state index contributed by atoms with van der Waals surface area (Å²) in [5, 5.41) is 11.6. The number of nitrogens with zero attached hydrogens (tertiary/aromatic N) is 1. The molecule has 6 heteroatoms. The fourth-order valence-corrected chi connectivity index (χ4v) is 6.70. The Labute approximate surface area is 191 Å². The van der Waals surface area contributed by atoms with Crippen LogP contribution < -0.4 is 14.5 Å². The maximum atomic E-state index is 12.9. The molecule has 0 unspecified atom stereocenters. The molecule has 174 valence electrons. The number of rotatable bonds is 4. The molecule has 0 radical (unpaired) electrons. The van der Waals surface area contributed by atoms with E-state index in [4.69, 9.17) is 9.47 Å². The molecule has 0 spiro atoms. The van der Waals surface area contributed by atoms with E-state index in [2.05, 4.69) is 37.0 Å². The van der Waals surface area contributed by atoms with Gasteiger partial charge in [0.05, 0.1) is 45.9 Å². The van der Waals surface area contributed by atoms with E-state index in [0.29, 0.717) is 5.92 Å². The van der Waals surface area contributed by atoms with E-state index in [1.807, 2.05) is 12.1 Å². The van der Waals surface area contributed by atoms with E-state index in [1.165, 1.54) is 16.2 Å². The van der Waals surface area contributed by atoms with Gasteiger partial charge < -0.3 is 24.4 Å². The number of anilines is 1. The number of hydrogen-bond donors (Lipinski definition) is 2. The predicted molar refractivity (Wildman–Crippen MR) is 123 cm³/mol. The van der Waals surface area contributed by atoms with E-state index in [9.17, 15) is 9.90 Å². The molecule has 2 aliphatic carbocycles. The topological polar surface area (TPSA) is 63.4 Å². The van der Waals surface area contributed by atoms with Gasteiger partial charge in [-0.3, -0.25) is 4.79 Å². The molecule has 6 atom stereocenters. The van der Waals surface area contributed by atoms with Gasteiger partial charge in [-0.25, -0.2) is 0 Å². The van der Waals surface area contributed by atoms with Crippen LogP contribution in [0.3, 0.4) is 0 Å². The molecule has 0 bridgehead atoms. The van der Waals surface area contributed by atoms with Gasteiger partial charge in [-0.2, -0.15) is 0 Å². The van der Waals surface area contributed by atoms with Crippen molar-refractivity contribution < 1.29 is 24.3 Å². The first kappa shape index (κ1) is 21.8. The number of hydrogen-bond acceptors (Lipinski definition) is 5. The van der Waals surface area contributed by atoms with E-state index in [-0.39, 0.29) is 29.3 Å². The van der Waals surface area contributed by atoms with Crippen LogP contribution >= 0.6 is 0 Å². The number of carbonyl (C=O) groups excluding carboxylic acids is 1. The Morgan fingerprint density at radius 2 is 2.09 bits per heavy atom. The minimum Gasteiger partial charge on any atom is -0.497 e. The van der Waals surface area contributed by atoms with E-state index < -0.39 is 6.10 Å². The second kappa shape index (κ2) is 8.38. The summed E-state index contributed by atoms with van der Waals surface area (Å²) < 4.78 is 11.2. The first-order valence-electron chi connectivity index (χ1n) is 12.2. The van der Waals surface area contributed by atoms with Crippen molar-refractivity contribution >= 4 is 11.7 Å². The van der Waals surface area contributed by atoms with Gasteiger partial charge in [-0.15, -0.1) is 0 Å². The van der Waals surface area contributed by atoms with Crippen molar-refractivity contribution in [3.63, 3.8) is 0 Å². The minimum absolute atomic E-state index is 0.0888. The van der Waals surface area contributed by atoms with Crippen LogP contribution in [-0.2, 0) is 9.53 Å². The Morgan fingerprint density at radius 1 is 1.31 bits per heavy atom. The summed E-state index contributed by atoms with van der Waals surface area (Å²) in [4.78, 5) is 16.7. The number of fused-ring (bicyclic) bond motifs is 2. The molecule has 5 rings (SSSR count). The highest BCUT2D eigenvalue weighted by Gasteiger charge is 2.60. The van der Waals surface area contributed by atoms with Gasteiger partial charge in [-0.1, -0.05) is 31.6 Å². The number of quaternary nitrogens is 1. The van der Waals surface area contributed by atoms with E-state index >= 15 is 0 Å². The molecule has 0 amide bonds. The van der Waals surface area contributed by atoms with Crippen LogP contribution in [0.4, 0.5) is 5.69 Å². The highest BCUT2D eigenvalue weighted by Crippen LogP contribution is 2.55. The number of esters is 1. The van der Waals surface area contributed by atoms with Crippen molar-refractivity contribution in [3.05, 3.63) is 35.9 Å². The zero-order valence-electron chi connectivity index (χ0n) is 19.5. The summed E-state index contributed by atoms with van der Waals surface area (Å²) in [6, 6.07) is 8.21. The number of carbonyl (C=O) groups is 1. The Kier molecular flexibility index (Phi) is 5.70. The summed E-state index contributed by atoms with van der Waals surface area (Å²) >= 11 is 0. The van der Waals surface area contributed by atoms with Gasteiger partial charge >= 0.3 is 5.97 Å². The first-order chi connectivity index (χ1) is 15.4. The maximum absolute atomic E-state index is 12.9. The van der Waals surface area contributed by atoms with Gasteiger partial charge in [-0.05, 0) is 30.9 Å². The van der Waals surface area contributed by atoms with Crippen LogP contribution in [0.5, 0.6) is 5.75 Å². The summed E-state index contributed by atoms with van der Waals surface area (Å²) in [6.07, 6.45) is 4.58. The average molecular weight is 442 g/mol. The molecule has 0 aromatic heterocycles. The van der Waals surface area contributed by atoms with Crippen molar-refractivity contribution in [3.8, 4) is 5.75 Å². The fourth-order valence-electron chi connectivity index (χ4n) is 6.70. The number of methoxy groups -OCH3 is 1. The van der Waals surface area contributed by atoms with Crippen LogP contribution in [-0.4, -0.2) is 63.1 Å². The Balaban J connectivity index is 1.26. The normalized spacial score (nSPS) is 37.4. The number of aliphatic hydroxyl groups excluding tert-OH is 1. The van der Waals surface area contributed by atoms with Crippen molar-refractivity contribution in [2.75, 3.05) is 44.7 Å². The molecule has 3 fully saturated rings. The molecule has 6 nitrogen and oxygen atoms in total. The van der Waals surface area contributed by atoms with Gasteiger partial charge in [0, 0.05) is 29.5 Å². The van der Waals surface area contributed by atoms with Crippen molar-refractivity contribution in [1.82, 2.24) is 0 Å². The monoisotopic (exact) mass is 441 g/mol. The zero-order valence-corrected chi connectivity index (χ0v) is 19.5. The molecular weight excluding hydrogens is 404 g/mol.